The predicted molar refractivity (Wildman–Crippen MR) is 80.7 cm³/mol. The summed E-state index contributed by atoms with van der Waals surface area (Å²) in [6.07, 6.45) is -0.473. The molecule has 1 atom stereocenters. The quantitative estimate of drug-likeness (QED) is 0.663. The van der Waals surface area contributed by atoms with Crippen LogP contribution >= 0.6 is 27.7 Å². The lowest BCUT2D eigenvalue weighted by Crippen LogP contribution is -2.00. The summed E-state index contributed by atoms with van der Waals surface area (Å²) in [5, 5.41) is 10.1. The van der Waals surface area contributed by atoms with Gasteiger partial charge in [0.15, 0.2) is 0 Å². The van der Waals surface area contributed by atoms with Gasteiger partial charge in [-0.05, 0) is 23.8 Å². The van der Waals surface area contributed by atoms with Crippen molar-refractivity contribution in [3.63, 3.8) is 0 Å². The van der Waals surface area contributed by atoms with Crippen molar-refractivity contribution < 1.29 is 5.11 Å². The van der Waals surface area contributed by atoms with Gasteiger partial charge in [-0.3, -0.25) is 0 Å². The molecular weight excluding hydrogens is 310 g/mol. The second-order valence-corrected chi connectivity index (χ2v) is 5.90. The van der Waals surface area contributed by atoms with Gasteiger partial charge in [-0.1, -0.05) is 46.3 Å². The maximum atomic E-state index is 10.1. The number of thioether (sulfide) groups is 1. The Morgan fingerprint density at radius 2 is 1.89 bits per heavy atom. The number of hydrogen-bond acceptors (Lipinski definition) is 3. The lowest BCUT2D eigenvalue weighted by atomic mass is 10.1. The molecule has 0 fully saturated rings. The molecule has 94 valence electrons. The average molecular weight is 324 g/mol. The third-order valence-electron chi connectivity index (χ3n) is 2.55. The molecule has 0 aromatic heterocycles. The number of aliphatic hydroxyl groups excluding tert-OH is 1. The van der Waals surface area contributed by atoms with Crippen molar-refractivity contribution in [2.75, 3.05) is 11.5 Å². The van der Waals surface area contributed by atoms with Crippen molar-refractivity contribution in [3.05, 3.63) is 58.6 Å². The van der Waals surface area contributed by atoms with E-state index in [1.54, 1.807) is 11.8 Å². The third-order valence-corrected chi connectivity index (χ3v) is 4.21. The van der Waals surface area contributed by atoms with E-state index in [4.69, 9.17) is 5.73 Å². The average Bonchev–Trinajstić information content (AvgIpc) is 2.38. The molecule has 0 heterocycles. The highest BCUT2D eigenvalue weighted by Gasteiger charge is 2.09. The fraction of sp³-hybridized carbons (Fsp3) is 0.143. The van der Waals surface area contributed by atoms with Crippen LogP contribution in [0.25, 0.3) is 0 Å². The fourth-order valence-corrected chi connectivity index (χ4v) is 2.89. The SMILES string of the molecule is Nc1cc(Br)ccc1SCC(O)c1ccccc1. The van der Waals surface area contributed by atoms with Gasteiger partial charge in [-0.25, -0.2) is 0 Å². The summed E-state index contributed by atoms with van der Waals surface area (Å²) in [5.74, 6) is 0.593. The summed E-state index contributed by atoms with van der Waals surface area (Å²) in [6.45, 7) is 0. The van der Waals surface area contributed by atoms with Crippen LogP contribution in [0.1, 0.15) is 11.7 Å². The maximum Gasteiger partial charge on any atom is 0.0883 e. The number of halogens is 1. The Morgan fingerprint density at radius 1 is 1.17 bits per heavy atom. The molecule has 0 aliphatic carbocycles. The standard InChI is InChI=1S/C14H14BrNOS/c15-11-6-7-14(12(16)8-11)18-9-13(17)10-4-2-1-3-5-10/h1-8,13,17H,9,16H2. The van der Waals surface area contributed by atoms with Gasteiger partial charge in [-0.2, -0.15) is 0 Å². The molecule has 0 aliphatic heterocycles. The molecule has 2 aromatic rings. The molecule has 0 aliphatic rings. The van der Waals surface area contributed by atoms with Crippen LogP contribution < -0.4 is 5.73 Å². The number of rotatable bonds is 4. The number of benzene rings is 2. The molecule has 0 saturated heterocycles. The first kappa shape index (κ1) is 13.5. The van der Waals surface area contributed by atoms with E-state index in [1.807, 2.05) is 48.5 Å². The largest absolute Gasteiger partial charge is 0.398 e. The molecule has 2 rings (SSSR count). The van der Waals surface area contributed by atoms with Crippen LogP contribution in [0.3, 0.4) is 0 Å². The molecule has 0 spiro atoms. The van der Waals surface area contributed by atoms with E-state index in [1.165, 1.54) is 0 Å². The van der Waals surface area contributed by atoms with E-state index in [2.05, 4.69) is 15.9 Å². The van der Waals surface area contributed by atoms with Crippen LogP contribution in [0.15, 0.2) is 57.9 Å². The summed E-state index contributed by atoms with van der Waals surface area (Å²) in [7, 11) is 0. The maximum absolute atomic E-state index is 10.1. The van der Waals surface area contributed by atoms with Crippen molar-refractivity contribution in [1.29, 1.82) is 0 Å². The van der Waals surface area contributed by atoms with E-state index in [0.717, 1.165) is 20.6 Å². The molecule has 2 nitrogen and oxygen atoms in total. The first-order chi connectivity index (χ1) is 8.66. The van der Waals surface area contributed by atoms with E-state index in [0.29, 0.717) is 5.75 Å². The summed E-state index contributed by atoms with van der Waals surface area (Å²) in [4.78, 5) is 0.994. The zero-order chi connectivity index (χ0) is 13.0. The monoisotopic (exact) mass is 323 g/mol. The Balaban J connectivity index is 1.99. The molecule has 2 aromatic carbocycles. The Bertz CT molecular complexity index is 518. The minimum atomic E-state index is -0.473. The Hall–Kier alpha value is -0.970. The second-order valence-electron chi connectivity index (χ2n) is 3.92. The first-order valence-corrected chi connectivity index (χ1v) is 7.35. The number of aliphatic hydroxyl groups is 1. The molecule has 1 unspecified atom stereocenters. The Labute approximate surface area is 119 Å². The molecule has 4 heteroatoms. The van der Waals surface area contributed by atoms with E-state index >= 15 is 0 Å². The summed E-state index contributed by atoms with van der Waals surface area (Å²) < 4.78 is 0.966. The molecule has 0 amide bonds. The van der Waals surface area contributed by atoms with Crippen molar-refractivity contribution in [2.24, 2.45) is 0 Å². The summed E-state index contributed by atoms with van der Waals surface area (Å²) >= 11 is 4.94. The zero-order valence-electron chi connectivity index (χ0n) is 9.71. The topological polar surface area (TPSA) is 46.2 Å². The van der Waals surface area contributed by atoms with Gasteiger partial charge < -0.3 is 10.8 Å². The van der Waals surface area contributed by atoms with E-state index in [-0.39, 0.29) is 0 Å². The van der Waals surface area contributed by atoms with Gasteiger partial charge in [0, 0.05) is 20.8 Å². The van der Waals surface area contributed by atoms with Crippen molar-refractivity contribution in [2.45, 2.75) is 11.0 Å². The molecule has 18 heavy (non-hydrogen) atoms. The Kier molecular flexibility index (Phi) is 4.69. The molecular formula is C14H14BrNOS. The summed E-state index contributed by atoms with van der Waals surface area (Å²) in [5.41, 5.74) is 7.58. The van der Waals surface area contributed by atoms with Gasteiger partial charge in [-0.15, -0.1) is 11.8 Å². The molecule has 0 bridgehead atoms. The van der Waals surface area contributed by atoms with Crippen LogP contribution in [0, 0.1) is 0 Å². The van der Waals surface area contributed by atoms with Crippen molar-refractivity contribution >= 4 is 33.4 Å². The van der Waals surface area contributed by atoms with Crippen LogP contribution in [0.4, 0.5) is 5.69 Å². The fourth-order valence-electron chi connectivity index (χ4n) is 1.59. The zero-order valence-corrected chi connectivity index (χ0v) is 12.1. The van der Waals surface area contributed by atoms with Gasteiger partial charge in [0.1, 0.15) is 0 Å². The van der Waals surface area contributed by atoms with Gasteiger partial charge in [0.25, 0.3) is 0 Å². The number of nitrogen functional groups attached to an aromatic ring is 1. The lowest BCUT2D eigenvalue weighted by Gasteiger charge is -2.11. The number of anilines is 1. The van der Waals surface area contributed by atoms with Crippen molar-refractivity contribution in [1.82, 2.24) is 0 Å². The highest BCUT2D eigenvalue weighted by molar-refractivity contribution is 9.10. The molecule has 0 saturated carbocycles. The minimum absolute atomic E-state index is 0.473. The van der Waals surface area contributed by atoms with Crippen LogP contribution in [-0.4, -0.2) is 10.9 Å². The van der Waals surface area contributed by atoms with Crippen LogP contribution in [0.5, 0.6) is 0 Å². The number of hydrogen-bond donors (Lipinski definition) is 2. The minimum Gasteiger partial charge on any atom is -0.398 e. The van der Waals surface area contributed by atoms with Crippen LogP contribution in [0.2, 0.25) is 0 Å². The second kappa shape index (κ2) is 6.27. The highest BCUT2D eigenvalue weighted by atomic mass is 79.9. The van der Waals surface area contributed by atoms with Crippen molar-refractivity contribution in [3.8, 4) is 0 Å². The van der Waals surface area contributed by atoms with Gasteiger partial charge in [0.2, 0.25) is 0 Å². The van der Waals surface area contributed by atoms with Crippen LogP contribution in [-0.2, 0) is 0 Å². The lowest BCUT2D eigenvalue weighted by molar-refractivity contribution is 0.204. The van der Waals surface area contributed by atoms with Gasteiger partial charge in [0.05, 0.1) is 6.10 Å². The third kappa shape index (κ3) is 3.51. The molecule has 0 radical (unpaired) electrons. The normalized spacial score (nSPS) is 12.3. The highest BCUT2D eigenvalue weighted by Crippen LogP contribution is 2.30. The Morgan fingerprint density at radius 3 is 2.56 bits per heavy atom. The van der Waals surface area contributed by atoms with Gasteiger partial charge >= 0.3 is 0 Å². The first-order valence-electron chi connectivity index (χ1n) is 5.57. The summed E-state index contributed by atoms with van der Waals surface area (Å²) in [6, 6.07) is 15.4. The molecule has 3 N–H and O–H groups in total. The predicted octanol–water partition coefficient (Wildman–Crippen LogP) is 3.86. The number of nitrogens with two attached hydrogens (primary N) is 1. The smallest absolute Gasteiger partial charge is 0.0883 e. The van der Waals surface area contributed by atoms with E-state index < -0.39 is 6.10 Å². The van der Waals surface area contributed by atoms with E-state index in [9.17, 15) is 5.11 Å².